The normalized spacial score (nSPS) is 30.4. The van der Waals surface area contributed by atoms with Gasteiger partial charge in [0.15, 0.2) is 12.0 Å². The van der Waals surface area contributed by atoms with Crippen LogP contribution in [0.5, 0.6) is 5.75 Å². The molecule has 5 atom stereocenters. The Morgan fingerprint density at radius 3 is 2.53 bits per heavy atom. The third-order valence-corrected chi connectivity index (χ3v) is 5.57. The zero-order valence-corrected chi connectivity index (χ0v) is 16.7. The van der Waals surface area contributed by atoms with E-state index in [4.69, 9.17) is 14.2 Å². The van der Waals surface area contributed by atoms with Gasteiger partial charge in [0.2, 0.25) is 5.72 Å². The van der Waals surface area contributed by atoms with E-state index in [1.54, 1.807) is 32.2 Å². The number of hydrogen-bond donors (Lipinski definition) is 3. The highest BCUT2D eigenvalue weighted by molar-refractivity contribution is 5.76. The van der Waals surface area contributed by atoms with E-state index in [9.17, 15) is 19.7 Å². The molecule has 7 nitrogen and oxygen atoms in total. The third-order valence-electron chi connectivity index (χ3n) is 5.57. The lowest BCUT2D eigenvalue weighted by Crippen LogP contribution is -2.61. The number of methoxy groups -OCH3 is 1. The number of nitrogens with zero attached hydrogens (tertiary/aromatic N) is 1. The number of halogens is 1. The van der Waals surface area contributed by atoms with E-state index in [1.165, 1.54) is 12.1 Å². The summed E-state index contributed by atoms with van der Waals surface area (Å²) in [6.45, 7) is 1.10. The van der Waals surface area contributed by atoms with E-state index in [-0.39, 0.29) is 5.90 Å². The Labute approximate surface area is 173 Å². The van der Waals surface area contributed by atoms with Crippen LogP contribution in [0.2, 0.25) is 0 Å². The molecule has 0 radical (unpaired) electrons. The Morgan fingerprint density at radius 1 is 1.13 bits per heavy atom. The smallest absolute Gasteiger partial charge is 0.228 e. The van der Waals surface area contributed by atoms with Gasteiger partial charge in [-0.15, -0.1) is 0 Å². The van der Waals surface area contributed by atoms with Crippen LogP contribution in [0.3, 0.4) is 0 Å². The highest BCUT2D eigenvalue weighted by Crippen LogP contribution is 2.45. The summed E-state index contributed by atoms with van der Waals surface area (Å²) in [5.74, 6) is 0.587. The van der Waals surface area contributed by atoms with E-state index in [1.807, 2.05) is 12.1 Å². The molecule has 1 fully saturated rings. The van der Waals surface area contributed by atoms with Crippen molar-refractivity contribution in [2.24, 2.45) is 4.99 Å². The predicted octanol–water partition coefficient (Wildman–Crippen LogP) is 1.51. The first-order chi connectivity index (χ1) is 14.4. The highest BCUT2D eigenvalue weighted by Gasteiger charge is 2.59. The molecule has 0 aliphatic carbocycles. The number of hydrogen-bond acceptors (Lipinski definition) is 7. The summed E-state index contributed by atoms with van der Waals surface area (Å²) in [5, 5.41) is 30.4. The SMILES string of the molecule is COc1ccc(Cc2cc(C34N=C(C)OC3[C@@H](O)[C@H](O)[C@@H](CO)O4)ccc2F)cc1. The van der Waals surface area contributed by atoms with E-state index in [0.29, 0.717) is 23.3 Å². The molecule has 2 unspecified atom stereocenters. The lowest BCUT2D eigenvalue weighted by Gasteiger charge is -2.44. The molecule has 4 rings (SSSR count). The lowest BCUT2D eigenvalue weighted by molar-refractivity contribution is -0.262. The molecule has 2 heterocycles. The van der Waals surface area contributed by atoms with Crippen LogP contribution >= 0.6 is 0 Å². The summed E-state index contributed by atoms with van der Waals surface area (Å²) in [6.07, 6.45) is -4.44. The quantitative estimate of drug-likeness (QED) is 0.682. The number of benzene rings is 2. The van der Waals surface area contributed by atoms with Gasteiger partial charge in [0.05, 0.1) is 13.7 Å². The van der Waals surface area contributed by atoms with Crippen LogP contribution < -0.4 is 4.74 Å². The van der Waals surface area contributed by atoms with Crippen molar-refractivity contribution in [2.45, 2.75) is 43.5 Å². The summed E-state index contributed by atoms with van der Waals surface area (Å²) in [6, 6.07) is 11.8. The zero-order valence-electron chi connectivity index (χ0n) is 16.7. The van der Waals surface area contributed by atoms with Gasteiger partial charge in [0.25, 0.3) is 0 Å². The van der Waals surface area contributed by atoms with Crippen molar-refractivity contribution in [3.05, 3.63) is 65.0 Å². The van der Waals surface area contributed by atoms with Crippen LogP contribution in [0, 0.1) is 5.82 Å². The number of aliphatic hydroxyl groups is 3. The second kappa shape index (κ2) is 7.96. The first kappa shape index (κ1) is 20.7. The average Bonchev–Trinajstić information content (AvgIpc) is 3.10. The van der Waals surface area contributed by atoms with E-state index >= 15 is 0 Å². The molecule has 8 heteroatoms. The van der Waals surface area contributed by atoms with Crippen LogP contribution in [-0.2, 0) is 21.6 Å². The average molecular weight is 417 g/mol. The molecular formula is C22H24FNO6. The molecule has 30 heavy (non-hydrogen) atoms. The van der Waals surface area contributed by atoms with Crippen LogP contribution in [-0.4, -0.2) is 59.3 Å². The summed E-state index contributed by atoms with van der Waals surface area (Å²) < 4.78 is 31.3. The van der Waals surface area contributed by atoms with Crippen molar-refractivity contribution in [3.63, 3.8) is 0 Å². The first-order valence-electron chi connectivity index (χ1n) is 9.67. The summed E-state index contributed by atoms with van der Waals surface area (Å²) in [7, 11) is 1.58. The second-order valence-corrected chi connectivity index (χ2v) is 7.52. The molecule has 2 aliphatic heterocycles. The molecule has 1 saturated heterocycles. The van der Waals surface area contributed by atoms with Crippen LogP contribution in [0.25, 0.3) is 0 Å². The van der Waals surface area contributed by atoms with Gasteiger partial charge in [0.1, 0.15) is 29.9 Å². The minimum Gasteiger partial charge on any atom is -0.497 e. The number of aliphatic hydroxyl groups excluding tert-OH is 3. The number of ether oxygens (including phenoxy) is 3. The molecule has 0 spiro atoms. The maximum atomic E-state index is 14.6. The Morgan fingerprint density at radius 2 is 1.87 bits per heavy atom. The maximum Gasteiger partial charge on any atom is 0.228 e. The monoisotopic (exact) mass is 417 g/mol. The van der Waals surface area contributed by atoms with Crippen molar-refractivity contribution in [3.8, 4) is 5.75 Å². The Hall–Kier alpha value is -2.52. The molecule has 160 valence electrons. The fourth-order valence-corrected chi connectivity index (χ4v) is 4.02. The predicted molar refractivity (Wildman–Crippen MR) is 106 cm³/mol. The van der Waals surface area contributed by atoms with E-state index < -0.39 is 42.6 Å². The third kappa shape index (κ3) is 3.45. The van der Waals surface area contributed by atoms with E-state index in [0.717, 1.165) is 5.56 Å². The zero-order chi connectivity index (χ0) is 21.5. The Balaban J connectivity index is 1.72. The van der Waals surface area contributed by atoms with Gasteiger partial charge >= 0.3 is 0 Å². The Bertz CT molecular complexity index is 949. The second-order valence-electron chi connectivity index (χ2n) is 7.52. The molecular weight excluding hydrogens is 393 g/mol. The molecule has 2 aliphatic rings. The van der Waals surface area contributed by atoms with Gasteiger partial charge in [-0.3, -0.25) is 0 Å². The first-order valence-corrected chi connectivity index (χ1v) is 9.67. The summed E-state index contributed by atoms with van der Waals surface area (Å²) in [4.78, 5) is 4.45. The molecule has 0 bridgehead atoms. The Kier molecular flexibility index (Phi) is 5.50. The van der Waals surface area contributed by atoms with Crippen LogP contribution in [0.1, 0.15) is 23.6 Å². The van der Waals surface area contributed by atoms with Crippen molar-refractivity contribution in [2.75, 3.05) is 13.7 Å². The van der Waals surface area contributed by atoms with Gasteiger partial charge in [-0.2, -0.15) is 0 Å². The van der Waals surface area contributed by atoms with Gasteiger partial charge in [-0.1, -0.05) is 18.2 Å². The maximum absolute atomic E-state index is 14.6. The highest BCUT2D eigenvalue weighted by atomic mass is 19.1. The van der Waals surface area contributed by atoms with E-state index in [2.05, 4.69) is 4.99 Å². The van der Waals surface area contributed by atoms with Crippen molar-refractivity contribution >= 4 is 5.90 Å². The van der Waals surface area contributed by atoms with Gasteiger partial charge in [-0.05, 0) is 35.4 Å². The molecule has 2 aromatic rings. The molecule has 3 N–H and O–H groups in total. The van der Waals surface area contributed by atoms with Crippen molar-refractivity contribution < 1.29 is 33.9 Å². The standard InChI is InChI=1S/C22H24FNO6/c1-12-24-22(21(29-12)20(27)19(26)18(11-25)30-22)15-5-8-17(23)14(10-15)9-13-3-6-16(28-2)7-4-13/h3-8,10,18-21,25-27H,9,11H2,1-2H3/t18-,19-,20+,21?,22?/m1/s1. The lowest BCUT2D eigenvalue weighted by atomic mass is 9.85. The minimum atomic E-state index is -1.49. The van der Waals surface area contributed by atoms with Crippen molar-refractivity contribution in [1.82, 2.24) is 0 Å². The van der Waals surface area contributed by atoms with Crippen LogP contribution in [0.15, 0.2) is 47.5 Å². The fraction of sp³-hybridized carbons (Fsp3) is 0.409. The number of fused-ring (bicyclic) bond motifs is 1. The largest absolute Gasteiger partial charge is 0.497 e. The summed E-state index contributed by atoms with van der Waals surface area (Å²) in [5.41, 5.74) is 0.281. The summed E-state index contributed by atoms with van der Waals surface area (Å²) >= 11 is 0. The van der Waals surface area contributed by atoms with Crippen LogP contribution in [0.4, 0.5) is 4.39 Å². The molecule has 0 amide bonds. The molecule has 0 aromatic heterocycles. The molecule has 0 saturated carbocycles. The van der Waals surface area contributed by atoms with Gasteiger partial charge in [-0.25, -0.2) is 9.38 Å². The van der Waals surface area contributed by atoms with Gasteiger partial charge in [0, 0.05) is 18.9 Å². The number of aliphatic imine (C=N–C) groups is 1. The minimum absolute atomic E-state index is 0.269. The molecule has 2 aromatic carbocycles. The van der Waals surface area contributed by atoms with Gasteiger partial charge < -0.3 is 29.5 Å². The fourth-order valence-electron chi connectivity index (χ4n) is 4.02. The van der Waals surface area contributed by atoms with Crippen molar-refractivity contribution in [1.29, 1.82) is 0 Å². The topological polar surface area (TPSA) is 101 Å². The number of rotatable bonds is 5.